The molecule has 0 spiro atoms. The first-order valence-electron chi connectivity index (χ1n) is 4.34. The second-order valence-corrected chi connectivity index (χ2v) is 3.38. The van der Waals surface area contributed by atoms with Gasteiger partial charge in [-0.1, -0.05) is 6.42 Å². The van der Waals surface area contributed by atoms with Crippen molar-refractivity contribution in [2.45, 2.75) is 45.3 Å². The van der Waals surface area contributed by atoms with E-state index in [9.17, 15) is 4.79 Å². The van der Waals surface area contributed by atoms with Crippen LogP contribution in [-0.2, 0) is 9.53 Å². The van der Waals surface area contributed by atoms with Crippen molar-refractivity contribution in [2.24, 2.45) is 5.92 Å². The predicted molar refractivity (Wildman–Crippen MR) is 43.4 cm³/mol. The molecule has 1 aliphatic rings. The first-order valence-corrected chi connectivity index (χ1v) is 4.34. The Hall–Kier alpha value is -0.370. The highest BCUT2D eigenvalue weighted by Gasteiger charge is 2.22. The van der Waals surface area contributed by atoms with E-state index < -0.39 is 0 Å². The van der Waals surface area contributed by atoms with Crippen molar-refractivity contribution in [2.75, 3.05) is 0 Å². The zero-order valence-electron chi connectivity index (χ0n) is 7.25. The summed E-state index contributed by atoms with van der Waals surface area (Å²) in [5.41, 5.74) is 0. The van der Waals surface area contributed by atoms with Gasteiger partial charge >= 0.3 is 0 Å². The Morgan fingerprint density at radius 1 is 1.36 bits per heavy atom. The Bertz CT molecular complexity index is 134. The van der Waals surface area contributed by atoms with Crippen LogP contribution >= 0.6 is 0 Å². The number of hydrogen-bond acceptors (Lipinski definition) is 2. The molecule has 2 heteroatoms. The van der Waals surface area contributed by atoms with Gasteiger partial charge in [-0.05, 0) is 26.7 Å². The van der Waals surface area contributed by atoms with E-state index in [2.05, 4.69) is 6.92 Å². The molecule has 0 N–H and O–H groups in total. The normalized spacial score (nSPS) is 39.6. The average molecular weight is 156 g/mol. The minimum absolute atomic E-state index is 0.116. The van der Waals surface area contributed by atoms with E-state index in [4.69, 9.17) is 4.74 Å². The molecule has 0 aromatic rings. The van der Waals surface area contributed by atoms with Crippen LogP contribution in [0.2, 0.25) is 0 Å². The van der Waals surface area contributed by atoms with Crippen molar-refractivity contribution in [3.05, 3.63) is 0 Å². The van der Waals surface area contributed by atoms with Crippen molar-refractivity contribution < 1.29 is 9.53 Å². The summed E-state index contributed by atoms with van der Waals surface area (Å²) in [6.45, 7) is 4.06. The molecule has 3 atom stereocenters. The standard InChI is InChI=1S/C9H16O2/c1-7-4-3-5-9(6-10)8(2)11-7/h6-9H,3-5H2,1-2H3. The summed E-state index contributed by atoms with van der Waals surface area (Å²) >= 11 is 0. The van der Waals surface area contributed by atoms with Crippen LogP contribution in [0.5, 0.6) is 0 Å². The maximum absolute atomic E-state index is 10.5. The molecule has 0 bridgehead atoms. The third-order valence-electron chi connectivity index (χ3n) is 2.37. The van der Waals surface area contributed by atoms with Crippen LogP contribution in [0.4, 0.5) is 0 Å². The fraction of sp³-hybridized carbons (Fsp3) is 0.889. The van der Waals surface area contributed by atoms with E-state index in [0.717, 1.165) is 25.5 Å². The molecule has 1 saturated heterocycles. The lowest BCUT2D eigenvalue weighted by atomic mass is 10.00. The quantitative estimate of drug-likeness (QED) is 0.541. The van der Waals surface area contributed by atoms with Gasteiger partial charge in [-0.15, -0.1) is 0 Å². The molecule has 11 heavy (non-hydrogen) atoms. The molecule has 0 aromatic heterocycles. The maximum atomic E-state index is 10.5. The van der Waals surface area contributed by atoms with E-state index in [1.807, 2.05) is 6.92 Å². The zero-order chi connectivity index (χ0) is 8.27. The first-order chi connectivity index (χ1) is 5.24. The Kier molecular flexibility index (Phi) is 3.06. The molecule has 0 aromatic carbocycles. The van der Waals surface area contributed by atoms with Gasteiger partial charge in [0.25, 0.3) is 0 Å². The topological polar surface area (TPSA) is 26.3 Å². The fourth-order valence-electron chi connectivity index (χ4n) is 1.59. The smallest absolute Gasteiger partial charge is 0.125 e. The van der Waals surface area contributed by atoms with Gasteiger partial charge in [-0.2, -0.15) is 0 Å². The van der Waals surface area contributed by atoms with Gasteiger partial charge in [0.1, 0.15) is 6.29 Å². The van der Waals surface area contributed by atoms with Crippen LogP contribution < -0.4 is 0 Å². The maximum Gasteiger partial charge on any atom is 0.125 e. The van der Waals surface area contributed by atoms with E-state index in [0.29, 0.717) is 6.10 Å². The van der Waals surface area contributed by atoms with Gasteiger partial charge in [0, 0.05) is 5.92 Å². The number of ether oxygens (including phenoxy) is 1. The minimum Gasteiger partial charge on any atom is -0.375 e. The second kappa shape index (κ2) is 3.86. The third-order valence-corrected chi connectivity index (χ3v) is 2.37. The molecule has 0 aliphatic carbocycles. The average Bonchev–Trinajstić information content (AvgIpc) is 2.11. The lowest BCUT2D eigenvalue weighted by Crippen LogP contribution is -2.22. The first kappa shape index (κ1) is 8.72. The zero-order valence-corrected chi connectivity index (χ0v) is 7.25. The minimum atomic E-state index is 0.116. The van der Waals surface area contributed by atoms with Gasteiger partial charge in [0.15, 0.2) is 0 Å². The van der Waals surface area contributed by atoms with Crippen molar-refractivity contribution in [3.8, 4) is 0 Å². The highest BCUT2D eigenvalue weighted by Crippen LogP contribution is 2.21. The van der Waals surface area contributed by atoms with Crippen molar-refractivity contribution in [3.63, 3.8) is 0 Å². The number of rotatable bonds is 1. The Balaban J connectivity index is 2.49. The lowest BCUT2D eigenvalue weighted by molar-refractivity contribution is -0.116. The highest BCUT2D eigenvalue weighted by molar-refractivity contribution is 5.54. The van der Waals surface area contributed by atoms with Gasteiger partial charge in [0.05, 0.1) is 12.2 Å². The Labute approximate surface area is 67.9 Å². The molecule has 0 saturated carbocycles. The van der Waals surface area contributed by atoms with Gasteiger partial charge in [-0.25, -0.2) is 0 Å². The van der Waals surface area contributed by atoms with Gasteiger partial charge in [-0.3, -0.25) is 0 Å². The summed E-state index contributed by atoms with van der Waals surface area (Å²) in [5.74, 6) is 0.125. The molecule has 3 unspecified atom stereocenters. The summed E-state index contributed by atoms with van der Waals surface area (Å²) in [7, 11) is 0. The van der Waals surface area contributed by atoms with E-state index in [1.54, 1.807) is 0 Å². The van der Waals surface area contributed by atoms with Crippen molar-refractivity contribution >= 4 is 6.29 Å². The largest absolute Gasteiger partial charge is 0.375 e. The van der Waals surface area contributed by atoms with Crippen LogP contribution in [0.25, 0.3) is 0 Å². The molecule has 0 amide bonds. The predicted octanol–water partition coefficient (Wildman–Crippen LogP) is 1.78. The van der Waals surface area contributed by atoms with Crippen LogP contribution in [0, 0.1) is 5.92 Å². The van der Waals surface area contributed by atoms with Crippen LogP contribution in [0.15, 0.2) is 0 Å². The molecular weight excluding hydrogens is 140 g/mol. The molecule has 1 heterocycles. The Morgan fingerprint density at radius 2 is 2.09 bits per heavy atom. The summed E-state index contributed by atoms with van der Waals surface area (Å²) in [5, 5.41) is 0. The third kappa shape index (κ3) is 2.29. The number of carbonyl (C=O) groups is 1. The molecular formula is C9H16O2. The SMILES string of the molecule is CC1CCCC(C=O)C(C)O1. The Morgan fingerprint density at radius 3 is 2.73 bits per heavy atom. The van der Waals surface area contributed by atoms with Crippen LogP contribution in [0.1, 0.15) is 33.1 Å². The van der Waals surface area contributed by atoms with Crippen molar-refractivity contribution in [1.29, 1.82) is 0 Å². The van der Waals surface area contributed by atoms with E-state index in [1.165, 1.54) is 0 Å². The lowest BCUT2D eigenvalue weighted by Gasteiger charge is -2.17. The van der Waals surface area contributed by atoms with Gasteiger partial charge in [0.2, 0.25) is 0 Å². The van der Waals surface area contributed by atoms with Crippen LogP contribution in [-0.4, -0.2) is 18.5 Å². The summed E-state index contributed by atoms with van der Waals surface area (Å²) in [4.78, 5) is 10.5. The summed E-state index contributed by atoms with van der Waals surface area (Å²) < 4.78 is 5.58. The molecule has 1 aliphatic heterocycles. The van der Waals surface area contributed by atoms with Gasteiger partial charge < -0.3 is 9.53 Å². The molecule has 1 fully saturated rings. The molecule has 1 rings (SSSR count). The highest BCUT2D eigenvalue weighted by atomic mass is 16.5. The fourth-order valence-corrected chi connectivity index (χ4v) is 1.59. The second-order valence-electron chi connectivity index (χ2n) is 3.38. The number of carbonyl (C=O) groups excluding carboxylic acids is 1. The monoisotopic (exact) mass is 156 g/mol. The summed E-state index contributed by atoms with van der Waals surface area (Å²) in [6, 6.07) is 0. The number of aldehydes is 1. The summed E-state index contributed by atoms with van der Waals surface area (Å²) in [6.07, 6.45) is 4.68. The molecule has 2 nitrogen and oxygen atoms in total. The van der Waals surface area contributed by atoms with E-state index >= 15 is 0 Å². The molecule has 64 valence electrons. The van der Waals surface area contributed by atoms with E-state index in [-0.39, 0.29) is 12.0 Å². The van der Waals surface area contributed by atoms with Crippen LogP contribution in [0.3, 0.4) is 0 Å². The molecule has 0 radical (unpaired) electrons. The number of hydrogen-bond donors (Lipinski definition) is 0. The van der Waals surface area contributed by atoms with Crippen molar-refractivity contribution in [1.82, 2.24) is 0 Å².